The second-order valence-corrected chi connectivity index (χ2v) is 6.88. The zero-order valence-corrected chi connectivity index (χ0v) is 13.6. The number of halogens is 1. The molecule has 2 N–H and O–H groups in total. The van der Waals surface area contributed by atoms with Gasteiger partial charge in [0.2, 0.25) is 5.91 Å². The minimum absolute atomic E-state index is 0.205. The normalized spacial score (nSPS) is 26.2. The van der Waals surface area contributed by atoms with Crippen LogP contribution in [0.25, 0.3) is 0 Å². The molecule has 1 aromatic rings. The Morgan fingerprint density at radius 2 is 2.00 bits per heavy atom. The van der Waals surface area contributed by atoms with Crippen molar-refractivity contribution in [3.05, 3.63) is 34.3 Å². The first-order chi connectivity index (χ1) is 10.5. The van der Waals surface area contributed by atoms with E-state index in [1.165, 1.54) is 0 Å². The molecule has 0 bridgehead atoms. The predicted molar refractivity (Wildman–Crippen MR) is 83.3 cm³/mol. The Morgan fingerprint density at radius 1 is 1.27 bits per heavy atom. The number of nitrogens with one attached hydrogen (secondary N) is 1. The summed E-state index contributed by atoms with van der Waals surface area (Å²) in [6, 6.07) is 7.95. The first kappa shape index (κ1) is 15.5. The molecule has 5 nitrogen and oxygen atoms in total. The van der Waals surface area contributed by atoms with Gasteiger partial charge in [-0.15, -0.1) is 0 Å². The van der Waals surface area contributed by atoms with E-state index in [1.807, 2.05) is 24.3 Å². The van der Waals surface area contributed by atoms with Crippen molar-refractivity contribution in [2.24, 2.45) is 0 Å². The molecule has 118 valence electrons. The monoisotopic (exact) mass is 367 g/mol. The van der Waals surface area contributed by atoms with Gasteiger partial charge in [-0.3, -0.25) is 4.79 Å². The quantitative estimate of drug-likeness (QED) is 0.857. The number of benzene rings is 1. The minimum Gasteiger partial charge on any atom is -0.479 e. The van der Waals surface area contributed by atoms with Crippen LogP contribution in [0.2, 0.25) is 0 Å². The molecule has 2 aliphatic rings. The van der Waals surface area contributed by atoms with Crippen molar-refractivity contribution >= 4 is 27.8 Å². The Balaban J connectivity index is 1.71. The number of carboxylic acids is 1. The average molecular weight is 368 g/mol. The van der Waals surface area contributed by atoms with Crippen molar-refractivity contribution in [3.63, 3.8) is 0 Å². The van der Waals surface area contributed by atoms with Gasteiger partial charge in [0.15, 0.2) is 6.10 Å². The maximum Gasteiger partial charge on any atom is 0.332 e. The number of amides is 1. The van der Waals surface area contributed by atoms with Crippen LogP contribution in [-0.4, -0.2) is 29.2 Å². The van der Waals surface area contributed by atoms with Crippen molar-refractivity contribution in [2.45, 2.75) is 49.9 Å². The molecule has 2 fully saturated rings. The molecular weight excluding hydrogens is 350 g/mol. The summed E-state index contributed by atoms with van der Waals surface area (Å²) < 4.78 is 6.32. The number of carboxylic acid groups (broad SMARTS) is 1. The van der Waals surface area contributed by atoms with Gasteiger partial charge in [-0.05, 0) is 49.8 Å². The number of hydrogen-bond acceptors (Lipinski definition) is 3. The summed E-state index contributed by atoms with van der Waals surface area (Å²) >= 11 is 3.46. The Labute approximate surface area is 137 Å². The van der Waals surface area contributed by atoms with E-state index < -0.39 is 18.2 Å². The van der Waals surface area contributed by atoms with E-state index in [0.29, 0.717) is 12.8 Å². The Bertz CT molecular complexity index is 600. The molecule has 1 aromatic carbocycles. The lowest BCUT2D eigenvalue weighted by Gasteiger charge is -2.43. The van der Waals surface area contributed by atoms with Crippen LogP contribution in [0.1, 0.15) is 37.7 Å². The van der Waals surface area contributed by atoms with Gasteiger partial charge in [0.25, 0.3) is 0 Å². The first-order valence-electron chi connectivity index (χ1n) is 7.46. The topological polar surface area (TPSA) is 75.6 Å². The van der Waals surface area contributed by atoms with Crippen molar-refractivity contribution in [1.29, 1.82) is 0 Å². The second kappa shape index (κ2) is 6.01. The van der Waals surface area contributed by atoms with Crippen molar-refractivity contribution < 1.29 is 19.4 Å². The maximum atomic E-state index is 12.4. The van der Waals surface area contributed by atoms with Gasteiger partial charge in [-0.2, -0.15) is 0 Å². The predicted octanol–water partition coefficient (Wildman–Crippen LogP) is 2.58. The van der Waals surface area contributed by atoms with Crippen LogP contribution >= 0.6 is 15.9 Å². The Kier molecular flexibility index (Phi) is 4.23. The zero-order valence-electron chi connectivity index (χ0n) is 12.0. The van der Waals surface area contributed by atoms with Gasteiger partial charge in [-0.25, -0.2) is 4.79 Å². The molecule has 0 spiro atoms. The molecule has 1 saturated carbocycles. The fourth-order valence-corrected chi connectivity index (χ4v) is 3.53. The molecule has 0 aromatic heterocycles. The molecule has 1 saturated heterocycles. The highest BCUT2D eigenvalue weighted by atomic mass is 79.9. The smallest absolute Gasteiger partial charge is 0.332 e. The van der Waals surface area contributed by atoms with Crippen molar-refractivity contribution in [2.75, 3.05) is 0 Å². The molecular formula is C16H18BrNO4. The summed E-state index contributed by atoms with van der Waals surface area (Å²) in [5.74, 6) is -1.20. The summed E-state index contributed by atoms with van der Waals surface area (Å²) in [4.78, 5) is 23.4. The minimum atomic E-state index is -0.999. The number of carbonyl (C=O) groups excluding carboxylic acids is 1. The van der Waals surface area contributed by atoms with Crippen molar-refractivity contribution in [3.8, 4) is 0 Å². The van der Waals surface area contributed by atoms with E-state index in [9.17, 15) is 9.59 Å². The van der Waals surface area contributed by atoms with Crippen LogP contribution in [0.4, 0.5) is 0 Å². The molecule has 0 radical (unpaired) electrons. The highest BCUT2D eigenvalue weighted by Crippen LogP contribution is 2.42. The molecule has 0 unspecified atom stereocenters. The van der Waals surface area contributed by atoms with Gasteiger partial charge in [-0.1, -0.05) is 28.1 Å². The maximum absolute atomic E-state index is 12.4. The number of rotatable bonds is 4. The summed E-state index contributed by atoms with van der Waals surface area (Å²) in [7, 11) is 0. The number of aliphatic carboxylic acids is 1. The van der Waals surface area contributed by atoms with E-state index in [0.717, 1.165) is 29.3 Å². The fraction of sp³-hybridized carbons (Fsp3) is 0.500. The molecule has 3 rings (SSSR count). The van der Waals surface area contributed by atoms with Gasteiger partial charge < -0.3 is 15.2 Å². The van der Waals surface area contributed by atoms with Crippen LogP contribution < -0.4 is 5.32 Å². The molecule has 6 heteroatoms. The van der Waals surface area contributed by atoms with Crippen LogP contribution in [0.15, 0.2) is 28.7 Å². The van der Waals surface area contributed by atoms with Gasteiger partial charge >= 0.3 is 5.97 Å². The standard InChI is InChI=1S/C16H18BrNO4/c17-11-4-1-3-10(9-11)16(7-2-8-16)18-14(19)12-5-6-13(22-12)15(20)21/h1,3-4,9,12-13H,2,5-8H2,(H,18,19)(H,20,21)/t12-,13+/m0/s1. The summed E-state index contributed by atoms with van der Waals surface area (Å²) in [5.41, 5.74) is 0.736. The molecule has 1 aliphatic carbocycles. The third-order valence-electron chi connectivity index (χ3n) is 4.53. The fourth-order valence-electron chi connectivity index (χ4n) is 3.13. The summed E-state index contributed by atoms with van der Waals surface area (Å²) in [6.45, 7) is 0. The SMILES string of the molecule is O=C(NC1(c2cccc(Br)c2)CCC1)[C@@H]1CC[C@H](C(=O)O)O1. The molecule has 1 heterocycles. The van der Waals surface area contributed by atoms with Crippen molar-refractivity contribution in [1.82, 2.24) is 5.32 Å². The first-order valence-corrected chi connectivity index (χ1v) is 8.26. The molecule has 2 atom stereocenters. The van der Waals surface area contributed by atoms with E-state index >= 15 is 0 Å². The van der Waals surface area contributed by atoms with Crippen LogP contribution in [-0.2, 0) is 19.9 Å². The Hall–Kier alpha value is -1.40. The third-order valence-corrected chi connectivity index (χ3v) is 5.03. The molecule has 1 aliphatic heterocycles. The van der Waals surface area contributed by atoms with Gasteiger partial charge in [0, 0.05) is 4.47 Å². The van der Waals surface area contributed by atoms with E-state index in [1.54, 1.807) is 0 Å². The lowest BCUT2D eigenvalue weighted by Crippen LogP contribution is -2.53. The van der Waals surface area contributed by atoms with Crippen LogP contribution in [0.3, 0.4) is 0 Å². The highest BCUT2D eigenvalue weighted by Gasteiger charge is 2.43. The highest BCUT2D eigenvalue weighted by molar-refractivity contribution is 9.10. The molecule has 22 heavy (non-hydrogen) atoms. The van der Waals surface area contributed by atoms with Crippen LogP contribution in [0.5, 0.6) is 0 Å². The average Bonchev–Trinajstić information content (AvgIpc) is 2.92. The zero-order chi connectivity index (χ0) is 15.7. The lowest BCUT2D eigenvalue weighted by atomic mass is 9.71. The van der Waals surface area contributed by atoms with E-state index in [2.05, 4.69) is 21.2 Å². The van der Waals surface area contributed by atoms with Gasteiger partial charge in [0.05, 0.1) is 5.54 Å². The lowest BCUT2D eigenvalue weighted by molar-refractivity contribution is -0.152. The van der Waals surface area contributed by atoms with Gasteiger partial charge in [0.1, 0.15) is 6.10 Å². The second-order valence-electron chi connectivity index (χ2n) is 5.96. The number of hydrogen-bond donors (Lipinski definition) is 2. The van der Waals surface area contributed by atoms with Crippen LogP contribution in [0, 0.1) is 0 Å². The third kappa shape index (κ3) is 2.90. The number of ether oxygens (including phenoxy) is 1. The summed E-state index contributed by atoms with van der Waals surface area (Å²) in [6.07, 6.45) is 2.17. The summed E-state index contributed by atoms with van der Waals surface area (Å²) in [5, 5.41) is 12.0. The number of carbonyl (C=O) groups is 2. The Morgan fingerprint density at radius 3 is 2.55 bits per heavy atom. The largest absolute Gasteiger partial charge is 0.479 e. The van der Waals surface area contributed by atoms with E-state index in [4.69, 9.17) is 9.84 Å². The van der Waals surface area contributed by atoms with E-state index in [-0.39, 0.29) is 11.4 Å². The molecule has 1 amide bonds.